The molecular weight excluding hydrogens is 586 g/mol. The highest BCUT2D eigenvalue weighted by Crippen LogP contribution is 2.45. The number of amides is 1. The van der Waals surface area contributed by atoms with Gasteiger partial charge in [0.05, 0.1) is 42.2 Å². The number of fused-ring (bicyclic) bond motifs is 2. The van der Waals surface area contributed by atoms with Crippen LogP contribution in [0.1, 0.15) is 29.9 Å². The van der Waals surface area contributed by atoms with Crippen LogP contribution in [0.4, 0.5) is 8.78 Å². The summed E-state index contributed by atoms with van der Waals surface area (Å²) < 4.78 is 45.5. The molecule has 6 rings (SSSR count). The van der Waals surface area contributed by atoms with Crippen molar-refractivity contribution in [3.8, 4) is 40.1 Å². The van der Waals surface area contributed by atoms with Crippen molar-refractivity contribution >= 4 is 27.3 Å². The Morgan fingerprint density at radius 2 is 2.05 bits per heavy atom. The van der Waals surface area contributed by atoms with Crippen LogP contribution < -0.4 is 4.74 Å². The Hall–Kier alpha value is -4.86. The van der Waals surface area contributed by atoms with Crippen LogP contribution in [0.2, 0.25) is 0 Å². The van der Waals surface area contributed by atoms with Gasteiger partial charge in [0.1, 0.15) is 41.1 Å². The zero-order valence-electron chi connectivity index (χ0n) is 24.3. The number of hydrogen-bond acceptors (Lipinski definition) is 7. The lowest BCUT2D eigenvalue weighted by molar-refractivity contribution is -0.129. The van der Waals surface area contributed by atoms with Crippen molar-refractivity contribution in [2.45, 2.75) is 19.5 Å². The van der Waals surface area contributed by atoms with Gasteiger partial charge in [-0.25, -0.2) is 13.8 Å². The van der Waals surface area contributed by atoms with E-state index in [1.165, 1.54) is 24.5 Å². The van der Waals surface area contributed by atoms with E-state index < -0.39 is 11.6 Å². The number of ether oxygens (including phenoxy) is 2. The van der Waals surface area contributed by atoms with Crippen molar-refractivity contribution in [3.05, 3.63) is 83.3 Å². The molecule has 0 radical (unpaired) electrons. The Labute approximate surface area is 256 Å². The molecule has 0 aliphatic carbocycles. The fourth-order valence-corrected chi connectivity index (χ4v) is 6.28. The molecule has 12 heteroatoms. The molecule has 0 spiro atoms. The standard InChI is InChI=1S/C32H28F2N6O3S/c1-5-28(41)39-9-10-40-26(19(39)2)16-25(37-40)31-30(29-23(34)14-21(33)15-27(29)43-12-11-42-4)32-22(8-13-44-32)24(36-31)7-6-20-17-35-38(3)18-20/h5,8,13-19H,1,9-12H2,2-4H3/t19-/m1/s1. The van der Waals surface area contributed by atoms with E-state index in [9.17, 15) is 9.18 Å². The molecule has 9 nitrogen and oxygen atoms in total. The number of aromatic nitrogens is 5. The molecule has 0 fully saturated rings. The van der Waals surface area contributed by atoms with Crippen molar-refractivity contribution in [1.82, 2.24) is 29.4 Å². The number of carbonyl (C=O) groups is 1. The predicted molar refractivity (Wildman–Crippen MR) is 163 cm³/mol. The molecule has 5 heterocycles. The third-order valence-electron chi connectivity index (χ3n) is 7.41. The van der Waals surface area contributed by atoms with Crippen molar-refractivity contribution in [2.75, 3.05) is 26.9 Å². The average Bonchev–Trinajstić information content (AvgIpc) is 3.76. The molecule has 1 atom stereocenters. The van der Waals surface area contributed by atoms with Gasteiger partial charge in [0, 0.05) is 54.7 Å². The summed E-state index contributed by atoms with van der Waals surface area (Å²) in [5.41, 5.74) is 3.25. The number of aryl methyl sites for hydroxylation is 1. The van der Waals surface area contributed by atoms with Crippen molar-refractivity contribution in [3.63, 3.8) is 0 Å². The van der Waals surface area contributed by atoms with Gasteiger partial charge in [-0.1, -0.05) is 12.5 Å². The fraction of sp³-hybridized carbons (Fsp3) is 0.250. The summed E-state index contributed by atoms with van der Waals surface area (Å²) in [7, 11) is 3.33. The van der Waals surface area contributed by atoms with Crippen LogP contribution in [0.15, 0.2) is 54.7 Å². The Balaban J connectivity index is 1.60. The number of pyridine rings is 1. The van der Waals surface area contributed by atoms with E-state index in [4.69, 9.17) is 19.6 Å². The highest BCUT2D eigenvalue weighted by atomic mass is 32.1. The summed E-state index contributed by atoms with van der Waals surface area (Å²) >= 11 is 1.39. The smallest absolute Gasteiger partial charge is 0.246 e. The molecule has 44 heavy (non-hydrogen) atoms. The maximum atomic E-state index is 15.9. The first kappa shape index (κ1) is 29.2. The lowest BCUT2D eigenvalue weighted by atomic mass is 9.97. The summed E-state index contributed by atoms with van der Waals surface area (Å²) in [5, 5.41) is 11.6. The van der Waals surface area contributed by atoms with Gasteiger partial charge in [0.25, 0.3) is 0 Å². The normalized spacial score (nSPS) is 14.3. The molecule has 0 unspecified atom stereocenters. The Bertz CT molecular complexity index is 1970. The van der Waals surface area contributed by atoms with Crippen LogP contribution in [-0.4, -0.2) is 62.2 Å². The average molecular weight is 615 g/mol. The Morgan fingerprint density at radius 1 is 1.20 bits per heavy atom. The molecule has 1 aromatic carbocycles. The van der Waals surface area contributed by atoms with Gasteiger partial charge in [0.2, 0.25) is 5.91 Å². The molecule has 4 aromatic heterocycles. The minimum Gasteiger partial charge on any atom is -0.490 e. The van der Waals surface area contributed by atoms with Gasteiger partial charge in [-0.3, -0.25) is 14.2 Å². The van der Waals surface area contributed by atoms with Gasteiger partial charge >= 0.3 is 0 Å². The quantitative estimate of drug-likeness (QED) is 0.140. The Morgan fingerprint density at radius 3 is 2.80 bits per heavy atom. The summed E-state index contributed by atoms with van der Waals surface area (Å²) in [4.78, 5) is 19.2. The number of carbonyl (C=O) groups excluding carboxylic acids is 1. The van der Waals surface area contributed by atoms with E-state index in [1.807, 2.05) is 36.2 Å². The lowest BCUT2D eigenvalue weighted by Gasteiger charge is -2.33. The van der Waals surface area contributed by atoms with E-state index >= 15 is 4.39 Å². The molecule has 1 amide bonds. The molecule has 0 N–H and O–H groups in total. The van der Waals surface area contributed by atoms with Gasteiger partial charge in [-0.05, 0) is 36.4 Å². The van der Waals surface area contributed by atoms with E-state index in [0.29, 0.717) is 51.4 Å². The second-order valence-electron chi connectivity index (χ2n) is 10.2. The highest BCUT2D eigenvalue weighted by Gasteiger charge is 2.31. The third kappa shape index (κ3) is 5.36. The molecule has 224 valence electrons. The number of thiophene rings is 1. The van der Waals surface area contributed by atoms with Gasteiger partial charge in [-0.15, -0.1) is 11.3 Å². The van der Waals surface area contributed by atoms with Crippen molar-refractivity contribution < 1.29 is 23.0 Å². The van der Waals surface area contributed by atoms with Crippen LogP contribution in [0.3, 0.4) is 0 Å². The van der Waals surface area contributed by atoms with Crippen LogP contribution in [0, 0.1) is 23.5 Å². The maximum absolute atomic E-state index is 15.9. The molecule has 5 aromatic rings. The first-order chi connectivity index (χ1) is 21.3. The van der Waals surface area contributed by atoms with E-state index in [-0.39, 0.29) is 36.5 Å². The Kier molecular flexibility index (Phi) is 7.99. The predicted octanol–water partition coefficient (Wildman–Crippen LogP) is 5.35. The summed E-state index contributed by atoms with van der Waals surface area (Å²) in [6.45, 7) is 6.77. The maximum Gasteiger partial charge on any atom is 0.246 e. The fourth-order valence-electron chi connectivity index (χ4n) is 5.33. The number of hydrogen-bond donors (Lipinski definition) is 0. The van der Waals surface area contributed by atoms with Gasteiger partial charge in [0.15, 0.2) is 0 Å². The third-order valence-corrected chi connectivity index (χ3v) is 8.34. The minimum absolute atomic E-state index is 0.0200. The van der Waals surface area contributed by atoms with Gasteiger partial charge in [-0.2, -0.15) is 10.2 Å². The lowest BCUT2D eigenvalue weighted by Crippen LogP contribution is -2.40. The summed E-state index contributed by atoms with van der Waals surface area (Å²) in [6.07, 6.45) is 4.75. The zero-order chi connectivity index (χ0) is 31.0. The second kappa shape index (κ2) is 12.0. The topological polar surface area (TPSA) is 87.3 Å². The van der Waals surface area contributed by atoms with E-state index in [0.717, 1.165) is 17.8 Å². The first-order valence-corrected chi connectivity index (χ1v) is 14.7. The summed E-state index contributed by atoms with van der Waals surface area (Å²) in [6, 6.07) is 5.43. The number of nitrogens with zero attached hydrogens (tertiary/aromatic N) is 6. The molecule has 0 saturated heterocycles. The van der Waals surface area contributed by atoms with Crippen LogP contribution in [0.25, 0.3) is 32.6 Å². The largest absolute Gasteiger partial charge is 0.490 e. The van der Waals surface area contributed by atoms with Crippen molar-refractivity contribution in [2.24, 2.45) is 7.05 Å². The minimum atomic E-state index is -0.801. The van der Waals surface area contributed by atoms with Crippen LogP contribution in [-0.2, 0) is 23.1 Å². The molecule has 1 aliphatic heterocycles. The van der Waals surface area contributed by atoms with Gasteiger partial charge < -0.3 is 14.4 Å². The van der Waals surface area contributed by atoms with E-state index in [1.54, 1.807) is 22.0 Å². The summed E-state index contributed by atoms with van der Waals surface area (Å²) in [5.74, 6) is 4.55. The zero-order valence-corrected chi connectivity index (χ0v) is 25.1. The molecule has 0 saturated carbocycles. The molecular formula is C32H28F2N6O3S. The number of rotatable bonds is 7. The van der Waals surface area contributed by atoms with Crippen LogP contribution in [0.5, 0.6) is 5.75 Å². The van der Waals surface area contributed by atoms with E-state index in [2.05, 4.69) is 23.5 Å². The SMILES string of the molecule is C=CC(=O)N1CCn2nc(-c3nc(C#Cc4cnn(C)c4)c4ccsc4c3-c3c(F)cc(F)cc3OCCOC)cc2[C@H]1C. The monoisotopic (exact) mass is 614 g/mol. The molecule has 1 aliphatic rings. The van der Waals surface area contributed by atoms with Crippen LogP contribution >= 0.6 is 11.3 Å². The number of benzene rings is 1. The second-order valence-corrected chi connectivity index (χ2v) is 11.1. The highest BCUT2D eigenvalue weighted by molar-refractivity contribution is 7.17. The molecule has 0 bridgehead atoms. The van der Waals surface area contributed by atoms with Crippen molar-refractivity contribution in [1.29, 1.82) is 0 Å². The first-order valence-electron chi connectivity index (χ1n) is 13.8. The number of methoxy groups -OCH3 is 1. The number of halogens is 2.